The molecule has 0 aliphatic carbocycles. The fraction of sp³-hybridized carbons (Fsp3) is 0.385. The number of nitrogens with one attached hydrogen (secondary N) is 3. The van der Waals surface area contributed by atoms with E-state index in [4.69, 9.17) is 15.7 Å². The quantitative estimate of drug-likeness (QED) is 0.224. The number of carbonyl (C=O) groups is 4. The number of amides is 3. The number of aromatic nitrogens is 2. The van der Waals surface area contributed by atoms with E-state index in [0.717, 1.165) is 4.57 Å². The first-order chi connectivity index (χ1) is 18.2. The second-order valence-corrected chi connectivity index (χ2v) is 8.57. The molecule has 3 N–H and O–H groups in total. The monoisotopic (exact) mass is 523 g/mol. The molecule has 0 spiro atoms. The molecular weight excluding hydrogens is 494 g/mol. The number of anilines is 1. The standard InChI is InChI=1S/C26H29N5O7/c1-4-7-21(31-13-6-8-19(26(31)36)29-24(34)20-14-16(3)38-30-20)25(35)28-18(9-10-22(32)37-5-2)15-17-11-12-27-23(17)33/h1,6,8-10,13-14,17-18,21H,5,7,11-12,15H2,2-3H3,(H,27,33)(H,28,35)(H,29,34)/t17-,18+,21-/m0/s1. The van der Waals surface area contributed by atoms with Crippen LogP contribution in [0.3, 0.4) is 0 Å². The van der Waals surface area contributed by atoms with Crippen LogP contribution in [0, 0.1) is 25.2 Å². The van der Waals surface area contributed by atoms with Crippen LogP contribution in [0.5, 0.6) is 0 Å². The number of nitrogens with zero attached hydrogens (tertiary/aromatic N) is 2. The highest BCUT2D eigenvalue weighted by molar-refractivity contribution is 6.02. The Balaban J connectivity index is 1.83. The van der Waals surface area contributed by atoms with Gasteiger partial charge in [-0.15, -0.1) is 12.3 Å². The maximum absolute atomic E-state index is 13.4. The summed E-state index contributed by atoms with van der Waals surface area (Å²) in [6.45, 7) is 3.99. The van der Waals surface area contributed by atoms with E-state index in [1.165, 1.54) is 36.5 Å². The summed E-state index contributed by atoms with van der Waals surface area (Å²) in [5.74, 6) is 0.466. The highest BCUT2D eigenvalue weighted by Crippen LogP contribution is 2.19. The average Bonchev–Trinajstić information content (AvgIpc) is 3.50. The fourth-order valence-electron chi connectivity index (χ4n) is 3.97. The lowest BCUT2D eigenvalue weighted by Crippen LogP contribution is -2.43. The first-order valence-corrected chi connectivity index (χ1v) is 12.1. The van der Waals surface area contributed by atoms with Crippen LogP contribution in [-0.4, -0.2) is 52.6 Å². The topological polar surface area (TPSA) is 162 Å². The maximum Gasteiger partial charge on any atom is 0.330 e. The van der Waals surface area contributed by atoms with Crippen molar-refractivity contribution >= 4 is 29.4 Å². The van der Waals surface area contributed by atoms with Crippen LogP contribution in [-0.2, 0) is 19.1 Å². The molecule has 2 aromatic heterocycles. The lowest BCUT2D eigenvalue weighted by Gasteiger charge is -2.23. The van der Waals surface area contributed by atoms with Crippen LogP contribution in [0.4, 0.5) is 5.69 Å². The molecule has 0 unspecified atom stereocenters. The number of terminal acetylenes is 1. The highest BCUT2D eigenvalue weighted by Gasteiger charge is 2.29. The molecule has 12 nitrogen and oxygen atoms in total. The second kappa shape index (κ2) is 13.0. The van der Waals surface area contributed by atoms with Crippen molar-refractivity contribution in [2.45, 2.75) is 45.2 Å². The van der Waals surface area contributed by atoms with Gasteiger partial charge in [-0.25, -0.2) is 4.79 Å². The summed E-state index contributed by atoms with van der Waals surface area (Å²) < 4.78 is 10.9. The number of rotatable bonds is 11. The zero-order chi connectivity index (χ0) is 27.7. The number of pyridine rings is 1. The summed E-state index contributed by atoms with van der Waals surface area (Å²) in [5.41, 5.74) is -0.762. The van der Waals surface area contributed by atoms with Crippen LogP contribution >= 0.6 is 0 Å². The Hall–Kier alpha value is -4.66. The first kappa shape index (κ1) is 27.9. The van der Waals surface area contributed by atoms with Crippen molar-refractivity contribution in [1.29, 1.82) is 0 Å². The normalized spacial score (nSPS) is 16.3. The van der Waals surface area contributed by atoms with Gasteiger partial charge in [0.15, 0.2) is 5.69 Å². The molecule has 3 atom stereocenters. The van der Waals surface area contributed by atoms with E-state index in [1.54, 1.807) is 13.8 Å². The Morgan fingerprint density at radius 3 is 2.82 bits per heavy atom. The second-order valence-electron chi connectivity index (χ2n) is 8.57. The number of esters is 1. The predicted molar refractivity (Wildman–Crippen MR) is 136 cm³/mol. The molecule has 3 heterocycles. The zero-order valence-electron chi connectivity index (χ0n) is 21.1. The smallest absolute Gasteiger partial charge is 0.330 e. The van der Waals surface area contributed by atoms with Crippen LogP contribution in [0.25, 0.3) is 0 Å². The predicted octanol–water partition coefficient (Wildman–Crippen LogP) is 1.09. The van der Waals surface area contributed by atoms with Crippen LogP contribution in [0.1, 0.15) is 48.5 Å². The highest BCUT2D eigenvalue weighted by atomic mass is 16.5. The number of hydrogen-bond donors (Lipinski definition) is 3. The summed E-state index contributed by atoms with van der Waals surface area (Å²) in [6.07, 6.45) is 10.2. The molecule has 2 aromatic rings. The van der Waals surface area contributed by atoms with Gasteiger partial charge in [-0.05, 0) is 38.8 Å². The largest absolute Gasteiger partial charge is 0.463 e. The molecule has 0 bridgehead atoms. The van der Waals surface area contributed by atoms with E-state index in [2.05, 4.69) is 27.0 Å². The first-order valence-electron chi connectivity index (χ1n) is 12.1. The van der Waals surface area contributed by atoms with Gasteiger partial charge >= 0.3 is 5.97 Å². The van der Waals surface area contributed by atoms with Gasteiger partial charge in [0.05, 0.1) is 6.61 Å². The third-order valence-corrected chi connectivity index (χ3v) is 5.81. The molecule has 1 aliphatic rings. The third kappa shape index (κ3) is 7.19. The van der Waals surface area contributed by atoms with E-state index < -0.39 is 35.4 Å². The molecule has 3 amide bonds. The van der Waals surface area contributed by atoms with Crippen molar-refractivity contribution in [3.05, 3.63) is 58.4 Å². The molecular formula is C26H29N5O7. The summed E-state index contributed by atoms with van der Waals surface area (Å²) in [7, 11) is 0. The number of aryl methyl sites for hydroxylation is 1. The molecule has 1 fully saturated rings. The molecule has 12 heteroatoms. The lowest BCUT2D eigenvalue weighted by atomic mass is 9.97. The Morgan fingerprint density at radius 2 is 2.18 bits per heavy atom. The third-order valence-electron chi connectivity index (χ3n) is 5.81. The van der Waals surface area contributed by atoms with Gasteiger partial charge < -0.3 is 29.8 Å². The average molecular weight is 524 g/mol. The molecule has 1 saturated heterocycles. The van der Waals surface area contributed by atoms with E-state index >= 15 is 0 Å². The van der Waals surface area contributed by atoms with Gasteiger partial charge in [0.1, 0.15) is 17.5 Å². The SMILES string of the molecule is C#CC[C@@H](C(=O)N[C@H](C=CC(=O)OCC)C[C@@H]1CCNC1=O)n1cccc(NC(=O)c2cc(C)on2)c1=O. The molecule has 0 saturated carbocycles. The molecule has 3 rings (SSSR count). The molecule has 200 valence electrons. The Kier molecular flexibility index (Phi) is 9.59. The van der Waals surface area contributed by atoms with Crippen LogP contribution in [0.2, 0.25) is 0 Å². The summed E-state index contributed by atoms with van der Waals surface area (Å²) >= 11 is 0. The van der Waals surface area contributed by atoms with Gasteiger partial charge in [0.25, 0.3) is 11.5 Å². The fourth-order valence-corrected chi connectivity index (χ4v) is 3.97. The van der Waals surface area contributed by atoms with Gasteiger partial charge in [-0.3, -0.25) is 19.2 Å². The van der Waals surface area contributed by atoms with Gasteiger partial charge in [-0.2, -0.15) is 0 Å². The van der Waals surface area contributed by atoms with Crippen molar-refractivity contribution in [3.63, 3.8) is 0 Å². The zero-order valence-corrected chi connectivity index (χ0v) is 21.1. The lowest BCUT2D eigenvalue weighted by molar-refractivity contribution is -0.137. The molecule has 0 radical (unpaired) electrons. The van der Waals surface area contributed by atoms with Gasteiger partial charge in [0.2, 0.25) is 11.8 Å². The number of carbonyl (C=O) groups excluding carboxylic acids is 4. The van der Waals surface area contributed by atoms with E-state index in [9.17, 15) is 24.0 Å². The Labute approximate surface area is 218 Å². The summed E-state index contributed by atoms with van der Waals surface area (Å²) in [5, 5.41) is 11.6. The minimum absolute atomic E-state index is 0.0117. The van der Waals surface area contributed by atoms with Crippen molar-refractivity contribution in [1.82, 2.24) is 20.4 Å². The van der Waals surface area contributed by atoms with Crippen molar-refractivity contribution in [2.24, 2.45) is 5.92 Å². The van der Waals surface area contributed by atoms with Crippen molar-refractivity contribution in [3.8, 4) is 12.3 Å². The van der Waals surface area contributed by atoms with E-state index in [-0.39, 0.29) is 42.7 Å². The number of hydrogen-bond acceptors (Lipinski definition) is 8. The summed E-state index contributed by atoms with van der Waals surface area (Å²) in [6, 6.07) is 2.45. The van der Waals surface area contributed by atoms with E-state index in [0.29, 0.717) is 18.7 Å². The van der Waals surface area contributed by atoms with Gasteiger partial charge in [0, 0.05) is 43.3 Å². The molecule has 1 aliphatic heterocycles. The van der Waals surface area contributed by atoms with E-state index in [1.807, 2.05) is 0 Å². The van der Waals surface area contributed by atoms with Crippen molar-refractivity contribution in [2.75, 3.05) is 18.5 Å². The number of ether oxygens (including phenoxy) is 1. The molecule has 38 heavy (non-hydrogen) atoms. The minimum atomic E-state index is -1.13. The van der Waals surface area contributed by atoms with Crippen LogP contribution < -0.4 is 21.5 Å². The van der Waals surface area contributed by atoms with Crippen molar-refractivity contribution < 1.29 is 28.4 Å². The summed E-state index contributed by atoms with van der Waals surface area (Å²) in [4.78, 5) is 63.0. The molecule has 0 aromatic carbocycles. The maximum atomic E-state index is 13.4. The van der Waals surface area contributed by atoms with Gasteiger partial charge in [-0.1, -0.05) is 11.2 Å². The minimum Gasteiger partial charge on any atom is -0.463 e. The Morgan fingerprint density at radius 1 is 1.39 bits per heavy atom. The Bertz CT molecular complexity index is 1320. The van der Waals surface area contributed by atoms with Crippen LogP contribution in [0.15, 0.2) is 45.9 Å².